The van der Waals surface area contributed by atoms with E-state index in [1.807, 2.05) is 54.6 Å². The average molecular weight is 689 g/mol. The van der Waals surface area contributed by atoms with Gasteiger partial charge in [-0.25, -0.2) is 19.9 Å². The number of fused-ring (bicyclic) bond motifs is 4. The fraction of sp³-hybridized carbons (Fsp3) is 0. The van der Waals surface area contributed by atoms with E-state index in [9.17, 15) is 0 Å². The predicted molar refractivity (Wildman–Crippen MR) is 223 cm³/mol. The Balaban J connectivity index is 0.963. The number of hydrogen-bond acceptors (Lipinski definition) is 4. The van der Waals surface area contributed by atoms with Crippen molar-refractivity contribution in [3.05, 3.63) is 194 Å². The highest BCUT2D eigenvalue weighted by Gasteiger charge is 2.12. The molecule has 3 heterocycles. The summed E-state index contributed by atoms with van der Waals surface area (Å²) in [6.45, 7) is 0. The molecule has 0 saturated carbocycles. The summed E-state index contributed by atoms with van der Waals surface area (Å²) < 4.78 is 0. The third kappa shape index (κ3) is 5.96. The van der Waals surface area contributed by atoms with Crippen LogP contribution in [0.1, 0.15) is 0 Å². The van der Waals surface area contributed by atoms with Crippen molar-refractivity contribution in [2.45, 2.75) is 0 Å². The highest BCUT2D eigenvalue weighted by atomic mass is 14.9. The van der Waals surface area contributed by atoms with Crippen LogP contribution in [0, 0.1) is 0 Å². The molecule has 54 heavy (non-hydrogen) atoms. The van der Waals surface area contributed by atoms with E-state index in [0.29, 0.717) is 5.82 Å². The van der Waals surface area contributed by atoms with E-state index in [0.717, 1.165) is 83.5 Å². The second kappa shape index (κ2) is 13.4. The van der Waals surface area contributed by atoms with Crippen molar-refractivity contribution in [3.63, 3.8) is 0 Å². The highest BCUT2D eigenvalue weighted by molar-refractivity contribution is 6.04. The van der Waals surface area contributed by atoms with Crippen LogP contribution in [0.2, 0.25) is 0 Å². The minimum absolute atomic E-state index is 0.714. The fourth-order valence-electron chi connectivity index (χ4n) is 7.18. The standard InChI is InChI=1S/C50H32N4/c1-4-10-34(11-5-1)44-28-26-37-20-21-38-27-29-45(52-49(38)48(37)51-44)43-25-24-41-30-40(22-23-42(41)31-43)33-16-18-36(19-17-33)47-32-46(35-12-6-2-7-13-35)53-50(54-47)39-14-8-3-9-15-39/h1-32H. The maximum absolute atomic E-state index is 5.19. The minimum Gasteiger partial charge on any atom is -0.245 e. The molecule has 0 amide bonds. The predicted octanol–water partition coefficient (Wildman–Crippen LogP) is 12.7. The Kier molecular flexibility index (Phi) is 7.77. The molecule has 0 unspecified atom stereocenters. The average Bonchev–Trinajstić information content (AvgIpc) is 3.26. The maximum Gasteiger partial charge on any atom is 0.160 e. The van der Waals surface area contributed by atoms with E-state index < -0.39 is 0 Å². The van der Waals surface area contributed by atoms with Gasteiger partial charge in [-0.15, -0.1) is 0 Å². The van der Waals surface area contributed by atoms with Crippen LogP contribution in [0.4, 0.5) is 0 Å². The number of benzene rings is 7. The highest BCUT2D eigenvalue weighted by Crippen LogP contribution is 2.33. The summed E-state index contributed by atoms with van der Waals surface area (Å²) in [6.07, 6.45) is 0. The summed E-state index contributed by atoms with van der Waals surface area (Å²) in [7, 11) is 0. The zero-order valence-corrected chi connectivity index (χ0v) is 29.3. The van der Waals surface area contributed by atoms with Crippen molar-refractivity contribution in [2.75, 3.05) is 0 Å². The van der Waals surface area contributed by atoms with Gasteiger partial charge in [0, 0.05) is 38.6 Å². The van der Waals surface area contributed by atoms with Crippen molar-refractivity contribution in [2.24, 2.45) is 0 Å². The lowest BCUT2D eigenvalue weighted by Gasteiger charge is -2.11. The summed E-state index contributed by atoms with van der Waals surface area (Å²) in [5, 5.41) is 4.50. The number of aromatic nitrogens is 4. The third-order valence-corrected chi connectivity index (χ3v) is 10.1. The molecule has 7 aromatic carbocycles. The molecule has 0 aliphatic heterocycles. The molecule has 4 heteroatoms. The fourth-order valence-corrected chi connectivity index (χ4v) is 7.18. The van der Waals surface area contributed by atoms with Crippen LogP contribution in [0.15, 0.2) is 194 Å². The largest absolute Gasteiger partial charge is 0.245 e. The first-order valence-corrected chi connectivity index (χ1v) is 18.1. The second-order valence-corrected chi connectivity index (χ2v) is 13.5. The van der Waals surface area contributed by atoms with E-state index in [2.05, 4.69) is 140 Å². The van der Waals surface area contributed by atoms with Gasteiger partial charge in [0.25, 0.3) is 0 Å². The van der Waals surface area contributed by atoms with Crippen molar-refractivity contribution in [1.82, 2.24) is 19.9 Å². The van der Waals surface area contributed by atoms with Gasteiger partial charge in [-0.1, -0.05) is 164 Å². The molecule has 0 bridgehead atoms. The molecule has 252 valence electrons. The van der Waals surface area contributed by atoms with Crippen LogP contribution in [0.25, 0.3) is 100 Å². The van der Waals surface area contributed by atoms with Crippen molar-refractivity contribution < 1.29 is 0 Å². The molecule has 0 atom stereocenters. The van der Waals surface area contributed by atoms with E-state index >= 15 is 0 Å². The van der Waals surface area contributed by atoms with Crippen LogP contribution in [0.5, 0.6) is 0 Å². The molecular formula is C50H32N4. The SMILES string of the molecule is c1ccc(-c2cc(-c3ccc(-c4ccc5cc(-c6ccc7ccc8ccc(-c9ccccc9)nc8c7n6)ccc5c4)cc3)nc(-c3ccccc3)n2)cc1. The van der Waals surface area contributed by atoms with Gasteiger partial charge in [-0.2, -0.15) is 0 Å². The maximum atomic E-state index is 5.19. The molecule has 0 fully saturated rings. The third-order valence-electron chi connectivity index (χ3n) is 10.1. The van der Waals surface area contributed by atoms with Gasteiger partial charge >= 0.3 is 0 Å². The van der Waals surface area contributed by atoms with Gasteiger partial charge in [0.1, 0.15) is 0 Å². The number of pyridine rings is 2. The van der Waals surface area contributed by atoms with Gasteiger partial charge in [0.15, 0.2) is 5.82 Å². The van der Waals surface area contributed by atoms with E-state index in [1.54, 1.807) is 0 Å². The van der Waals surface area contributed by atoms with Crippen LogP contribution in [-0.4, -0.2) is 19.9 Å². The first-order valence-electron chi connectivity index (χ1n) is 18.1. The zero-order chi connectivity index (χ0) is 35.8. The van der Waals surface area contributed by atoms with Crippen LogP contribution in [0.3, 0.4) is 0 Å². The molecule has 10 aromatic rings. The zero-order valence-electron chi connectivity index (χ0n) is 29.3. The second-order valence-electron chi connectivity index (χ2n) is 13.5. The number of hydrogen-bond donors (Lipinski definition) is 0. The molecule has 0 spiro atoms. The van der Waals surface area contributed by atoms with Gasteiger partial charge < -0.3 is 0 Å². The Labute approximate surface area is 313 Å². The summed E-state index contributed by atoms with van der Waals surface area (Å²) in [5.74, 6) is 0.714. The minimum atomic E-state index is 0.714. The summed E-state index contributed by atoms with van der Waals surface area (Å²) in [4.78, 5) is 20.2. The molecule has 0 radical (unpaired) electrons. The monoisotopic (exact) mass is 688 g/mol. The number of nitrogens with zero attached hydrogens (tertiary/aromatic N) is 4. The molecule has 0 saturated heterocycles. The van der Waals surface area contributed by atoms with Crippen LogP contribution >= 0.6 is 0 Å². The van der Waals surface area contributed by atoms with Crippen molar-refractivity contribution >= 4 is 32.6 Å². The van der Waals surface area contributed by atoms with Gasteiger partial charge in [-0.05, 0) is 52.2 Å². The molecule has 0 aliphatic rings. The normalized spacial score (nSPS) is 11.3. The summed E-state index contributed by atoms with van der Waals surface area (Å²) in [6, 6.07) is 67.5. The first-order chi connectivity index (χ1) is 26.7. The first kappa shape index (κ1) is 31.4. The van der Waals surface area contributed by atoms with Gasteiger partial charge in [-0.3, -0.25) is 0 Å². The molecule has 10 rings (SSSR count). The topological polar surface area (TPSA) is 51.6 Å². The van der Waals surface area contributed by atoms with E-state index in [1.165, 1.54) is 10.8 Å². The van der Waals surface area contributed by atoms with E-state index in [4.69, 9.17) is 19.9 Å². The Morgan fingerprint density at radius 3 is 1.19 bits per heavy atom. The molecule has 3 aromatic heterocycles. The quantitative estimate of drug-likeness (QED) is 0.163. The van der Waals surface area contributed by atoms with Gasteiger partial charge in [0.2, 0.25) is 0 Å². The smallest absolute Gasteiger partial charge is 0.160 e. The Hall–Kier alpha value is -7.30. The lowest BCUT2D eigenvalue weighted by molar-refractivity contribution is 1.18. The molecule has 0 N–H and O–H groups in total. The summed E-state index contributed by atoms with van der Waals surface area (Å²) in [5.41, 5.74) is 13.1. The van der Waals surface area contributed by atoms with E-state index in [-0.39, 0.29) is 0 Å². The molecule has 4 nitrogen and oxygen atoms in total. The molecule has 0 aliphatic carbocycles. The van der Waals surface area contributed by atoms with Gasteiger partial charge in [0.05, 0.1) is 33.8 Å². The van der Waals surface area contributed by atoms with Crippen molar-refractivity contribution in [3.8, 4) is 67.5 Å². The van der Waals surface area contributed by atoms with Crippen LogP contribution < -0.4 is 0 Å². The number of rotatable bonds is 6. The Bertz CT molecular complexity index is 2900. The summed E-state index contributed by atoms with van der Waals surface area (Å²) >= 11 is 0. The molecular weight excluding hydrogens is 657 g/mol. The Morgan fingerprint density at radius 1 is 0.222 bits per heavy atom. The lowest BCUT2D eigenvalue weighted by Crippen LogP contribution is -1.95. The van der Waals surface area contributed by atoms with Crippen molar-refractivity contribution in [1.29, 1.82) is 0 Å². The van der Waals surface area contributed by atoms with Crippen LogP contribution in [-0.2, 0) is 0 Å². The lowest BCUT2D eigenvalue weighted by atomic mass is 9.97. The Morgan fingerprint density at radius 2 is 0.611 bits per heavy atom.